The smallest absolute Gasteiger partial charge is 0.325 e. The Labute approximate surface area is 68.6 Å². The molecule has 0 bridgehead atoms. The molecule has 0 spiro atoms. The molecule has 1 aromatic rings. The summed E-state index contributed by atoms with van der Waals surface area (Å²) >= 11 is 0. The molecule has 12 heavy (non-hydrogen) atoms. The summed E-state index contributed by atoms with van der Waals surface area (Å²) in [5, 5.41) is 8.47. The molecule has 0 aliphatic carbocycles. The summed E-state index contributed by atoms with van der Waals surface area (Å²) in [6.45, 7) is 0. The van der Waals surface area contributed by atoms with Gasteiger partial charge in [-0.1, -0.05) is 12.1 Å². The number of rotatable bonds is 2. The van der Waals surface area contributed by atoms with Gasteiger partial charge < -0.3 is 10.8 Å². The Kier molecular flexibility index (Phi) is 2.40. The van der Waals surface area contributed by atoms with Crippen molar-refractivity contribution < 1.29 is 14.3 Å². The maximum atomic E-state index is 12.5. The van der Waals surface area contributed by atoms with Crippen LogP contribution in [-0.4, -0.2) is 11.1 Å². The zero-order chi connectivity index (χ0) is 9.14. The first kappa shape index (κ1) is 8.67. The molecule has 1 atom stereocenters. The third kappa shape index (κ3) is 1.79. The van der Waals surface area contributed by atoms with Gasteiger partial charge in [0.05, 0.1) is 0 Å². The van der Waals surface area contributed by atoms with Gasteiger partial charge in [-0.25, -0.2) is 4.39 Å². The number of benzene rings is 1. The molecule has 63 valence electrons. The fraction of sp³-hybridized carbons (Fsp3) is 0.125. The van der Waals surface area contributed by atoms with Crippen LogP contribution in [0, 0.1) is 11.9 Å². The zero-order valence-electron chi connectivity index (χ0n) is 6.12. The Morgan fingerprint density at radius 1 is 1.75 bits per heavy atom. The largest absolute Gasteiger partial charge is 0.480 e. The van der Waals surface area contributed by atoms with Crippen molar-refractivity contribution in [2.45, 2.75) is 6.04 Å². The number of hydrogen-bond donors (Lipinski definition) is 2. The lowest BCUT2D eigenvalue weighted by Crippen LogP contribution is -2.20. The average molecular weight is 168 g/mol. The first-order chi connectivity index (χ1) is 5.61. The Bertz CT molecular complexity index is 301. The van der Waals surface area contributed by atoms with Crippen molar-refractivity contribution in [2.75, 3.05) is 0 Å². The molecule has 0 saturated heterocycles. The molecule has 0 fully saturated rings. The molecule has 0 aliphatic rings. The van der Waals surface area contributed by atoms with Gasteiger partial charge in [0.15, 0.2) is 0 Å². The van der Waals surface area contributed by atoms with Gasteiger partial charge in [-0.15, -0.1) is 0 Å². The predicted octanol–water partition coefficient (Wildman–Crippen LogP) is 0.710. The summed E-state index contributed by atoms with van der Waals surface area (Å²) in [4.78, 5) is 10.4. The normalized spacial score (nSPS) is 12.5. The molecule has 0 amide bonds. The third-order valence-electron chi connectivity index (χ3n) is 1.42. The second kappa shape index (κ2) is 3.32. The number of nitrogens with two attached hydrogens (primary N) is 1. The van der Waals surface area contributed by atoms with Gasteiger partial charge in [-0.05, 0) is 11.6 Å². The van der Waals surface area contributed by atoms with E-state index in [4.69, 9.17) is 10.8 Å². The second-order valence-electron chi connectivity index (χ2n) is 2.29. The molecule has 0 aliphatic heterocycles. The van der Waals surface area contributed by atoms with E-state index >= 15 is 0 Å². The van der Waals surface area contributed by atoms with E-state index in [2.05, 4.69) is 6.07 Å². The number of carboxylic acid groups (broad SMARTS) is 1. The van der Waals surface area contributed by atoms with Gasteiger partial charge in [0, 0.05) is 6.07 Å². The predicted molar refractivity (Wildman–Crippen MR) is 39.8 cm³/mol. The van der Waals surface area contributed by atoms with Gasteiger partial charge in [0.25, 0.3) is 0 Å². The highest BCUT2D eigenvalue weighted by Crippen LogP contribution is 2.10. The van der Waals surface area contributed by atoms with Crippen molar-refractivity contribution in [3.05, 3.63) is 35.6 Å². The van der Waals surface area contributed by atoms with Crippen LogP contribution in [0.2, 0.25) is 0 Å². The molecule has 1 rings (SSSR count). The highest BCUT2D eigenvalue weighted by Gasteiger charge is 2.13. The molecule has 3 nitrogen and oxygen atoms in total. The van der Waals surface area contributed by atoms with Gasteiger partial charge in [-0.3, -0.25) is 4.79 Å². The van der Waals surface area contributed by atoms with Gasteiger partial charge in [0.2, 0.25) is 0 Å². The first-order valence-electron chi connectivity index (χ1n) is 3.27. The summed E-state index contributed by atoms with van der Waals surface area (Å²) in [7, 11) is 0. The summed E-state index contributed by atoms with van der Waals surface area (Å²) in [5.41, 5.74) is 5.46. The number of aliphatic carboxylic acids is 1. The van der Waals surface area contributed by atoms with E-state index in [0.29, 0.717) is 0 Å². The molecule has 1 unspecified atom stereocenters. The molecular formula is C8H7FNO2. The number of hydrogen-bond acceptors (Lipinski definition) is 2. The molecule has 0 heterocycles. The standard InChI is InChI=1S/C8H7FNO2/c9-6-3-1-2-5(4-6)7(10)8(11)12/h1-2,4,7H,10H2,(H,11,12). The van der Waals surface area contributed by atoms with Crippen molar-refractivity contribution in [2.24, 2.45) is 5.73 Å². The highest BCUT2D eigenvalue weighted by atomic mass is 19.1. The van der Waals surface area contributed by atoms with E-state index in [-0.39, 0.29) is 5.56 Å². The van der Waals surface area contributed by atoms with Gasteiger partial charge in [-0.2, -0.15) is 0 Å². The Hall–Kier alpha value is -1.42. The van der Waals surface area contributed by atoms with Crippen LogP contribution in [0.5, 0.6) is 0 Å². The quantitative estimate of drug-likeness (QED) is 0.683. The van der Waals surface area contributed by atoms with Crippen LogP contribution in [0.4, 0.5) is 4.39 Å². The van der Waals surface area contributed by atoms with E-state index < -0.39 is 17.8 Å². The lowest BCUT2D eigenvalue weighted by Gasteiger charge is -2.05. The van der Waals surface area contributed by atoms with Crippen LogP contribution in [0.15, 0.2) is 18.2 Å². The van der Waals surface area contributed by atoms with Crippen molar-refractivity contribution in [1.29, 1.82) is 0 Å². The second-order valence-corrected chi connectivity index (χ2v) is 2.29. The van der Waals surface area contributed by atoms with Gasteiger partial charge >= 0.3 is 5.97 Å². The Morgan fingerprint density at radius 2 is 2.42 bits per heavy atom. The first-order valence-corrected chi connectivity index (χ1v) is 3.27. The lowest BCUT2D eigenvalue weighted by atomic mass is 10.1. The van der Waals surface area contributed by atoms with Crippen molar-refractivity contribution in [1.82, 2.24) is 0 Å². The third-order valence-corrected chi connectivity index (χ3v) is 1.42. The molecule has 3 N–H and O–H groups in total. The molecule has 1 aromatic carbocycles. The average Bonchev–Trinajstić information content (AvgIpc) is 2.03. The molecule has 0 saturated carbocycles. The Balaban J connectivity index is 2.95. The minimum Gasteiger partial charge on any atom is -0.480 e. The summed E-state index contributed by atoms with van der Waals surface area (Å²) in [6, 6.07) is 4.85. The monoisotopic (exact) mass is 168 g/mol. The number of carboxylic acids is 1. The highest BCUT2D eigenvalue weighted by molar-refractivity contribution is 5.75. The Morgan fingerprint density at radius 3 is 2.92 bits per heavy atom. The van der Waals surface area contributed by atoms with Crippen LogP contribution in [0.3, 0.4) is 0 Å². The number of halogens is 1. The minimum absolute atomic E-state index is 0.235. The molecular weight excluding hydrogens is 161 g/mol. The van der Waals surface area contributed by atoms with Crippen molar-refractivity contribution in [3.63, 3.8) is 0 Å². The van der Waals surface area contributed by atoms with Crippen LogP contribution in [0.25, 0.3) is 0 Å². The van der Waals surface area contributed by atoms with Crippen LogP contribution >= 0.6 is 0 Å². The fourth-order valence-electron chi connectivity index (χ4n) is 0.790. The van der Waals surface area contributed by atoms with E-state index in [1.54, 1.807) is 0 Å². The summed E-state index contributed by atoms with van der Waals surface area (Å²) in [5.74, 6) is -1.79. The number of carbonyl (C=O) groups is 1. The maximum Gasteiger partial charge on any atom is 0.325 e. The topological polar surface area (TPSA) is 63.3 Å². The molecule has 1 radical (unpaired) electrons. The zero-order valence-corrected chi connectivity index (χ0v) is 6.12. The van der Waals surface area contributed by atoms with E-state index in [0.717, 1.165) is 6.07 Å². The van der Waals surface area contributed by atoms with Crippen LogP contribution in [-0.2, 0) is 4.79 Å². The van der Waals surface area contributed by atoms with Crippen molar-refractivity contribution >= 4 is 5.97 Å². The van der Waals surface area contributed by atoms with Crippen LogP contribution < -0.4 is 5.73 Å². The molecule has 0 aromatic heterocycles. The lowest BCUT2D eigenvalue weighted by molar-refractivity contribution is -0.138. The SMILES string of the molecule is NC(C(=O)O)c1cc[c]c(F)c1. The fourth-order valence-corrected chi connectivity index (χ4v) is 0.790. The summed E-state index contributed by atoms with van der Waals surface area (Å²) in [6.07, 6.45) is 0. The summed E-state index contributed by atoms with van der Waals surface area (Å²) < 4.78 is 12.5. The maximum absolute atomic E-state index is 12.5. The van der Waals surface area contributed by atoms with Crippen LogP contribution in [0.1, 0.15) is 11.6 Å². The van der Waals surface area contributed by atoms with E-state index in [1.807, 2.05) is 0 Å². The molecule has 4 heteroatoms. The van der Waals surface area contributed by atoms with E-state index in [1.165, 1.54) is 12.1 Å². The van der Waals surface area contributed by atoms with Crippen molar-refractivity contribution in [3.8, 4) is 0 Å². The van der Waals surface area contributed by atoms with E-state index in [9.17, 15) is 9.18 Å². The minimum atomic E-state index is -1.18. The van der Waals surface area contributed by atoms with Gasteiger partial charge in [0.1, 0.15) is 11.9 Å².